The Morgan fingerprint density at radius 3 is 2.90 bits per heavy atom. The molecular formula is C15H20N2O4. The first kappa shape index (κ1) is 15.3. The van der Waals surface area contributed by atoms with E-state index in [9.17, 15) is 9.59 Å². The van der Waals surface area contributed by atoms with Crippen molar-refractivity contribution in [2.75, 3.05) is 6.61 Å². The van der Waals surface area contributed by atoms with Crippen molar-refractivity contribution in [3.05, 3.63) is 24.0 Å². The van der Waals surface area contributed by atoms with Gasteiger partial charge in [0.15, 0.2) is 18.1 Å². The molecule has 2 atom stereocenters. The van der Waals surface area contributed by atoms with Crippen LogP contribution in [0.2, 0.25) is 0 Å². The molecule has 1 aromatic rings. The third-order valence-electron chi connectivity index (χ3n) is 3.79. The highest BCUT2D eigenvalue weighted by atomic mass is 16.5. The number of ether oxygens (including phenoxy) is 1. The molecule has 0 aromatic carbocycles. The van der Waals surface area contributed by atoms with Crippen LogP contribution in [0.4, 0.5) is 0 Å². The van der Waals surface area contributed by atoms with Crippen LogP contribution in [-0.4, -0.2) is 34.6 Å². The van der Waals surface area contributed by atoms with E-state index in [0.29, 0.717) is 5.92 Å². The largest absolute Gasteiger partial charge is 0.481 e. The monoisotopic (exact) mass is 292 g/mol. The van der Waals surface area contributed by atoms with Gasteiger partial charge >= 0.3 is 5.97 Å². The van der Waals surface area contributed by atoms with Crippen molar-refractivity contribution in [3.63, 3.8) is 0 Å². The Labute approximate surface area is 123 Å². The molecule has 2 N–H and O–H groups in total. The fourth-order valence-electron chi connectivity index (χ4n) is 2.59. The minimum atomic E-state index is -1.17. The molecule has 114 valence electrons. The molecule has 0 aliphatic heterocycles. The van der Waals surface area contributed by atoms with E-state index in [1.807, 2.05) is 0 Å². The fraction of sp³-hybridized carbons (Fsp3) is 0.533. The van der Waals surface area contributed by atoms with Crippen molar-refractivity contribution < 1.29 is 19.4 Å². The zero-order valence-electron chi connectivity index (χ0n) is 12.0. The summed E-state index contributed by atoms with van der Waals surface area (Å²) in [6.07, 6.45) is 5.82. The lowest BCUT2D eigenvalue weighted by Gasteiger charge is -2.29. The first-order valence-electron chi connectivity index (χ1n) is 7.18. The summed E-state index contributed by atoms with van der Waals surface area (Å²) in [5.74, 6) is -0.826. The van der Waals surface area contributed by atoms with E-state index in [0.717, 1.165) is 19.3 Å². The molecule has 1 amide bonds. The van der Waals surface area contributed by atoms with Crippen LogP contribution in [0.1, 0.15) is 43.1 Å². The summed E-state index contributed by atoms with van der Waals surface area (Å²) < 4.78 is 5.28. The molecule has 1 aromatic heterocycles. The van der Waals surface area contributed by atoms with E-state index in [1.54, 1.807) is 6.07 Å². The molecule has 0 spiro atoms. The number of carboxylic acid groups (broad SMARTS) is 1. The molecule has 1 heterocycles. The second-order valence-electron chi connectivity index (χ2n) is 5.38. The summed E-state index contributed by atoms with van der Waals surface area (Å²) in [4.78, 5) is 26.6. The number of amides is 1. The first-order chi connectivity index (χ1) is 10.1. The average molecular weight is 292 g/mol. The Hall–Kier alpha value is -2.11. The van der Waals surface area contributed by atoms with Crippen LogP contribution >= 0.6 is 0 Å². The van der Waals surface area contributed by atoms with E-state index >= 15 is 0 Å². The van der Waals surface area contributed by atoms with E-state index in [1.165, 1.54) is 18.7 Å². The van der Waals surface area contributed by atoms with Gasteiger partial charge in [-0.05, 0) is 30.9 Å². The number of hydrogen-bond acceptors (Lipinski definition) is 4. The minimum absolute atomic E-state index is 0.108. The normalized spacial score (nSPS) is 21.6. The SMILES string of the molecule is CC1CCCCC1NC(=O)COc1cccnc1C(=O)O. The molecule has 1 aliphatic carbocycles. The molecule has 1 fully saturated rings. The van der Waals surface area contributed by atoms with Crippen molar-refractivity contribution >= 4 is 11.9 Å². The Morgan fingerprint density at radius 1 is 1.43 bits per heavy atom. The topological polar surface area (TPSA) is 88.5 Å². The highest BCUT2D eigenvalue weighted by Crippen LogP contribution is 2.23. The number of hydrogen-bond donors (Lipinski definition) is 2. The van der Waals surface area contributed by atoms with Gasteiger partial charge in [0.1, 0.15) is 0 Å². The number of carbonyl (C=O) groups excluding carboxylic acids is 1. The number of carboxylic acids is 1. The Bertz CT molecular complexity index is 518. The van der Waals surface area contributed by atoms with Crippen LogP contribution in [0.5, 0.6) is 5.75 Å². The minimum Gasteiger partial charge on any atom is -0.481 e. The van der Waals surface area contributed by atoms with Crippen LogP contribution in [-0.2, 0) is 4.79 Å². The lowest BCUT2D eigenvalue weighted by Crippen LogP contribution is -2.43. The van der Waals surface area contributed by atoms with Crippen molar-refractivity contribution in [1.82, 2.24) is 10.3 Å². The quantitative estimate of drug-likeness (QED) is 0.864. The van der Waals surface area contributed by atoms with E-state index in [4.69, 9.17) is 9.84 Å². The Balaban J connectivity index is 1.88. The second kappa shape index (κ2) is 7.06. The molecule has 1 saturated carbocycles. The number of aromatic nitrogens is 1. The van der Waals surface area contributed by atoms with Gasteiger partial charge in [-0.15, -0.1) is 0 Å². The van der Waals surface area contributed by atoms with Crippen LogP contribution < -0.4 is 10.1 Å². The van der Waals surface area contributed by atoms with Crippen LogP contribution in [0.25, 0.3) is 0 Å². The number of rotatable bonds is 5. The molecule has 2 unspecified atom stereocenters. The molecule has 0 saturated heterocycles. The van der Waals surface area contributed by atoms with Crippen molar-refractivity contribution in [3.8, 4) is 5.75 Å². The molecule has 6 heteroatoms. The summed E-state index contributed by atoms with van der Waals surface area (Å²) in [6.45, 7) is 1.93. The first-order valence-corrected chi connectivity index (χ1v) is 7.18. The summed E-state index contributed by atoms with van der Waals surface area (Å²) >= 11 is 0. The summed E-state index contributed by atoms with van der Waals surface area (Å²) in [5.41, 5.74) is -0.184. The Morgan fingerprint density at radius 2 is 2.19 bits per heavy atom. The van der Waals surface area contributed by atoms with E-state index in [-0.39, 0.29) is 30.0 Å². The van der Waals surface area contributed by atoms with Gasteiger partial charge < -0.3 is 15.2 Å². The summed E-state index contributed by atoms with van der Waals surface area (Å²) in [7, 11) is 0. The third-order valence-corrected chi connectivity index (χ3v) is 3.79. The molecular weight excluding hydrogens is 272 g/mol. The van der Waals surface area contributed by atoms with Gasteiger partial charge in [0, 0.05) is 12.2 Å². The highest BCUT2D eigenvalue weighted by molar-refractivity contribution is 5.88. The van der Waals surface area contributed by atoms with Crippen molar-refractivity contribution in [1.29, 1.82) is 0 Å². The smallest absolute Gasteiger partial charge is 0.358 e. The number of nitrogens with one attached hydrogen (secondary N) is 1. The molecule has 0 bridgehead atoms. The third kappa shape index (κ3) is 4.18. The number of pyridine rings is 1. The van der Waals surface area contributed by atoms with Crippen LogP contribution in [0.3, 0.4) is 0 Å². The van der Waals surface area contributed by atoms with Gasteiger partial charge in [0.05, 0.1) is 0 Å². The highest BCUT2D eigenvalue weighted by Gasteiger charge is 2.23. The van der Waals surface area contributed by atoms with Gasteiger partial charge in [-0.25, -0.2) is 9.78 Å². The van der Waals surface area contributed by atoms with Gasteiger partial charge in [0.25, 0.3) is 5.91 Å². The van der Waals surface area contributed by atoms with Crippen LogP contribution in [0.15, 0.2) is 18.3 Å². The van der Waals surface area contributed by atoms with Gasteiger partial charge in [-0.3, -0.25) is 4.79 Å². The maximum Gasteiger partial charge on any atom is 0.358 e. The van der Waals surface area contributed by atoms with Gasteiger partial charge in [-0.2, -0.15) is 0 Å². The number of aromatic carboxylic acids is 1. The van der Waals surface area contributed by atoms with Gasteiger partial charge in [-0.1, -0.05) is 19.8 Å². The maximum atomic E-state index is 11.9. The zero-order chi connectivity index (χ0) is 15.2. The van der Waals surface area contributed by atoms with Crippen molar-refractivity contribution in [2.24, 2.45) is 5.92 Å². The molecule has 21 heavy (non-hydrogen) atoms. The molecule has 6 nitrogen and oxygen atoms in total. The second-order valence-corrected chi connectivity index (χ2v) is 5.38. The lowest BCUT2D eigenvalue weighted by molar-refractivity contribution is -0.124. The van der Waals surface area contributed by atoms with Gasteiger partial charge in [0.2, 0.25) is 0 Å². The van der Waals surface area contributed by atoms with E-state index < -0.39 is 5.97 Å². The standard InChI is InChI=1S/C15H20N2O4/c1-10-5-2-3-6-11(10)17-13(18)9-21-12-7-4-8-16-14(12)15(19)20/h4,7-8,10-11H,2-3,5-6,9H2,1H3,(H,17,18)(H,19,20). The average Bonchev–Trinajstić information content (AvgIpc) is 2.48. The zero-order valence-corrected chi connectivity index (χ0v) is 12.0. The van der Waals surface area contributed by atoms with E-state index in [2.05, 4.69) is 17.2 Å². The number of carbonyl (C=O) groups is 2. The lowest BCUT2D eigenvalue weighted by atomic mass is 9.86. The maximum absolute atomic E-state index is 11.9. The summed E-state index contributed by atoms with van der Waals surface area (Å²) in [5, 5.41) is 11.9. The summed E-state index contributed by atoms with van der Waals surface area (Å²) in [6, 6.07) is 3.25. The van der Waals surface area contributed by atoms with Crippen molar-refractivity contribution in [2.45, 2.75) is 38.6 Å². The fourth-order valence-corrected chi connectivity index (χ4v) is 2.59. The molecule has 1 aliphatic rings. The Kier molecular flexibility index (Phi) is 5.14. The molecule has 0 radical (unpaired) electrons. The predicted molar refractivity (Wildman–Crippen MR) is 76.3 cm³/mol. The predicted octanol–water partition coefficient (Wildman–Crippen LogP) is 1.85. The molecule has 2 rings (SSSR count). The van der Waals surface area contributed by atoms with Crippen LogP contribution in [0, 0.1) is 5.92 Å². The number of nitrogens with zero attached hydrogens (tertiary/aromatic N) is 1.